The summed E-state index contributed by atoms with van der Waals surface area (Å²) in [7, 11) is 0. The van der Waals surface area contributed by atoms with E-state index in [1.165, 1.54) is 18.2 Å². The maximum absolute atomic E-state index is 14.9. The molecule has 0 spiro atoms. The summed E-state index contributed by atoms with van der Waals surface area (Å²) in [6.45, 7) is 3.87. The molecule has 8 heteroatoms. The first-order valence-electron chi connectivity index (χ1n) is 12.6. The van der Waals surface area contributed by atoms with Gasteiger partial charge in [-0.2, -0.15) is 4.39 Å². The molecule has 2 unspecified atom stereocenters. The topological polar surface area (TPSA) is 18.5 Å². The molecule has 0 aliphatic carbocycles. The van der Waals surface area contributed by atoms with Crippen LogP contribution in [0.1, 0.15) is 49.3 Å². The first kappa shape index (κ1) is 27.8. The van der Waals surface area contributed by atoms with Crippen molar-refractivity contribution in [3.63, 3.8) is 0 Å². The zero-order valence-corrected chi connectivity index (χ0v) is 21.1. The summed E-state index contributed by atoms with van der Waals surface area (Å²) in [5.74, 6) is -7.87. The number of hydrogen-bond acceptors (Lipinski definition) is 2. The summed E-state index contributed by atoms with van der Waals surface area (Å²) < 4.78 is 98.9. The van der Waals surface area contributed by atoms with Crippen molar-refractivity contribution in [2.45, 2.75) is 51.6 Å². The lowest BCUT2D eigenvalue weighted by Gasteiger charge is -2.28. The van der Waals surface area contributed by atoms with E-state index < -0.39 is 46.0 Å². The minimum Gasteiger partial charge on any atom is -0.491 e. The molecule has 0 radical (unpaired) electrons. The summed E-state index contributed by atoms with van der Waals surface area (Å²) in [4.78, 5) is 0. The predicted octanol–water partition coefficient (Wildman–Crippen LogP) is 8.21. The van der Waals surface area contributed by atoms with Crippen LogP contribution in [0.2, 0.25) is 0 Å². The van der Waals surface area contributed by atoms with Crippen molar-refractivity contribution in [2.24, 2.45) is 0 Å². The van der Waals surface area contributed by atoms with Gasteiger partial charge in [-0.05, 0) is 68.4 Å². The molecule has 3 aromatic carbocycles. The van der Waals surface area contributed by atoms with Crippen LogP contribution in [0.4, 0.5) is 26.3 Å². The lowest BCUT2D eigenvalue weighted by molar-refractivity contribution is 0.0317. The molecule has 2 atom stereocenters. The summed E-state index contributed by atoms with van der Waals surface area (Å²) in [6.07, 6.45) is 4.92. The van der Waals surface area contributed by atoms with Gasteiger partial charge in [-0.25, -0.2) is 22.0 Å². The Balaban J connectivity index is 1.50. The third kappa shape index (κ3) is 5.60. The fourth-order valence-electron chi connectivity index (χ4n) is 4.76. The molecule has 2 nitrogen and oxygen atoms in total. The standard InChI is InChI=1S/C30H28F6O2/c1-3-5-20-11-8-19(16-38-20)21-12-9-17(25(31)27(21)33)6-7-18-10-13-22(28(34)26(18)32)23-14-15-24(37-4-2)30(36)29(23)35/h3,5,9-10,12-15,19-20H,4,6-8,11,16H2,1-2H3/b5-3+. The van der Waals surface area contributed by atoms with Gasteiger partial charge in [0.2, 0.25) is 5.82 Å². The summed E-state index contributed by atoms with van der Waals surface area (Å²) in [5, 5.41) is 0. The Bertz CT molecular complexity index is 1330. The van der Waals surface area contributed by atoms with Crippen molar-refractivity contribution in [1.82, 2.24) is 0 Å². The maximum Gasteiger partial charge on any atom is 0.201 e. The highest BCUT2D eigenvalue weighted by Crippen LogP contribution is 2.34. The maximum atomic E-state index is 14.9. The molecule has 0 N–H and O–H groups in total. The highest BCUT2D eigenvalue weighted by molar-refractivity contribution is 5.66. The van der Waals surface area contributed by atoms with Crippen molar-refractivity contribution in [3.8, 4) is 16.9 Å². The Hall–Kier alpha value is -3.26. The van der Waals surface area contributed by atoms with Crippen molar-refractivity contribution >= 4 is 0 Å². The molecular weight excluding hydrogens is 506 g/mol. The average Bonchev–Trinajstić information content (AvgIpc) is 2.91. The smallest absolute Gasteiger partial charge is 0.201 e. The summed E-state index contributed by atoms with van der Waals surface area (Å²) in [5.41, 5.74) is -0.757. The van der Waals surface area contributed by atoms with Crippen molar-refractivity contribution in [2.75, 3.05) is 13.2 Å². The minimum absolute atomic E-state index is 0.0262. The van der Waals surface area contributed by atoms with Gasteiger partial charge < -0.3 is 9.47 Å². The van der Waals surface area contributed by atoms with E-state index in [0.29, 0.717) is 12.8 Å². The van der Waals surface area contributed by atoms with E-state index >= 15 is 0 Å². The van der Waals surface area contributed by atoms with Gasteiger partial charge in [0.15, 0.2) is 34.8 Å². The Morgan fingerprint density at radius 3 is 1.97 bits per heavy atom. The van der Waals surface area contributed by atoms with E-state index in [1.54, 1.807) is 6.92 Å². The number of benzene rings is 3. The Kier molecular flexibility index (Phi) is 8.82. The number of hydrogen-bond donors (Lipinski definition) is 0. The molecule has 4 rings (SSSR count). The van der Waals surface area contributed by atoms with Gasteiger partial charge in [-0.1, -0.05) is 36.4 Å². The average molecular weight is 535 g/mol. The lowest BCUT2D eigenvalue weighted by atomic mass is 9.89. The van der Waals surface area contributed by atoms with E-state index in [0.717, 1.165) is 18.2 Å². The Morgan fingerprint density at radius 1 is 0.763 bits per heavy atom. The quantitative estimate of drug-likeness (QED) is 0.214. The number of allylic oxidation sites excluding steroid dienone is 1. The van der Waals surface area contributed by atoms with E-state index in [1.807, 2.05) is 19.1 Å². The zero-order valence-electron chi connectivity index (χ0n) is 21.1. The lowest BCUT2D eigenvalue weighted by Crippen LogP contribution is -2.24. The van der Waals surface area contributed by atoms with E-state index in [-0.39, 0.29) is 60.5 Å². The van der Waals surface area contributed by atoms with E-state index in [4.69, 9.17) is 9.47 Å². The first-order chi connectivity index (χ1) is 18.3. The molecule has 0 bridgehead atoms. The first-order valence-corrected chi connectivity index (χ1v) is 12.6. The van der Waals surface area contributed by atoms with Gasteiger partial charge in [-0.15, -0.1) is 0 Å². The van der Waals surface area contributed by atoms with Crippen LogP contribution in [-0.4, -0.2) is 19.3 Å². The SMILES string of the molecule is C/C=C/C1CCC(c2ccc(CCc3ccc(-c4ccc(OCC)c(F)c4F)c(F)c3F)c(F)c2F)CO1. The minimum atomic E-state index is -1.36. The molecule has 202 valence electrons. The van der Waals surface area contributed by atoms with Crippen LogP contribution < -0.4 is 4.74 Å². The molecule has 1 fully saturated rings. The van der Waals surface area contributed by atoms with Gasteiger partial charge in [0.1, 0.15) is 0 Å². The second-order valence-electron chi connectivity index (χ2n) is 9.19. The van der Waals surface area contributed by atoms with Crippen LogP contribution in [0.3, 0.4) is 0 Å². The fraction of sp³-hybridized carbons (Fsp3) is 0.333. The normalized spacial score (nSPS) is 17.8. The molecule has 1 heterocycles. The molecule has 1 saturated heterocycles. The molecule has 38 heavy (non-hydrogen) atoms. The third-order valence-corrected chi connectivity index (χ3v) is 6.81. The molecule has 1 aliphatic rings. The van der Waals surface area contributed by atoms with Crippen molar-refractivity contribution in [3.05, 3.63) is 100 Å². The number of halogens is 6. The van der Waals surface area contributed by atoms with Crippen LogP contribution in [0.5, 0.6) is 5.75 Å². The van der Waals surface area contributed by atoms with Crippen LogP contribution in [-0.2, 0) is 17.6 Å². The molecule has 0 amide bonds. The Morgan fingerprint density at radius 2 is 1.37 bits per heavy atom. The largest absolute Gasteiger partial charge is 0.491 e. The molecule has 0 aromatic heterocycles. The highest BCUT2D eigenvalue weighted by atomic mass is 19.2. The predicted molar refractivity (Wildman–Crippen MR) is 133 cm³/mol. The number of aryl methyl sites for hydroxylation is 2. The van der Waals surface area contributed by atoms with Crippen molar-refractivity contribution < 1.29 is 35.8 Å². The summed E-state index contributed by atoms with van der Waals surface area (Å²) >= 11 is 0. The second-order valence-corrected chi connectivity index (χ2v) is 9.19. The molecular formula is C30H28F6O2. The van der Waals surface area contributed by atoms with Gasteiger partial charge in [0, 0.05) is 17.0 Å². The van der Waals surface area contributed by atoms with Gasteiger partial charge in [-0.3, -0.25) is 0 Å². The van der Waals surface area contributed by atoms with Crippen LogP contribution in [0.15, 0.2) is 48.6 Å². The van der Waals surface area contributed by atoms with E-state index in [2.05, 4.69) is 0 Å². The van der Waals surface area contributed by atoms with Gasteiger partial charge in [0.05, 0.1) is 19.3 Å². The monoisotopic (exact) mass is 534 g/mol. The molecule has 3 aromatic rings. The third-order valence-electron chi connectivity index (χ3n) is 6.81. The van der Waals surface area contributed by atoms with Crippen molar-refractivity contribution in [1.29, 1.82) is 0 Å². The van der Waals surface area contributed by atoms with Crippen LogP contribution >= 0.6 is 0 Å². The molecule has 0 saturated carbocycles. The van der Waals surface area contributed by atoms with Crippen LogP contribution in [0.25, 0.3) is 11.1 Å². The highest BCUT2D eigenvalue weighted by Gasteiger charge is 2.26. The summed E-state index contributed by atoms with van der Waals surface area (Å²) in [6, 6.07) is 7.58. The van der Waals surface area contributed by atoms with Gasteiger partial charge >= 0.3 is 0 Å². The van der Waals surface area contributed by atoms with E-state index in [9.17, 15) is 26.3 Å². The number of ether oxygens (including phenoxy) is 2. The molecule has 1 aliphatic heterocycles. The Labute approximate surface area is 217 Å². The fourth-order valence-corrected chi connectivity index (χ4v) is 4.76. The van der Waals surface area contributed by atoms with Gasteiger partial charge in [0.25, 0.3) is 0 Å². The second kappa shape index (κ2) is 12.1. The number of rotatable bonds is 8. The van der Waals surface area contributed by atoms with Crippen LogP contribution in [0, 0.1) is 34.9 Å². The zero-order chi connectivity index (χ0) is 27.4.